The van der Waals surface area contributed by atoms with Crippen molar-refractivity contribution in [1.29, 1.82) is 0 Å². The smallest absolute Gasteiger partial charge is 0.241 e. The maximum atomic E-state index is 13.1. The SMILES string of the molecule is O=C1C2C3C=CC(CO)(O3)C2C(=O)N1c1cccc2ccccc12. The van der Waals surface area contributed by atoms with Crippen LogP contribution in [-0.4, -0.2) is 35.2 Å². The number of carbonyl (C=O) groups excluding carboxylic acids is 2. The Balaban J connectivity index is 1.67. The number of benzene rings is 2. The van der Waals surface area contributed by atoms with Crippen molar-refractivity contribution in [3.05, 3.63) is 54.6 Å². The van der Waals surface area contributed by atoms with Crippen molar-refractivity contribution in [3.63, 3.8) is 0 Å². The molecule has 0 aromatic heterocycles. The zero-order valence-electron chi connectivity index (χ0n) is 12.8. The van der Waals surface area contributed by atoms with Gasteiger partial charge in [0.1, 0.15) is 5.60 Å². The van der Waals surface area contributed by atoms with Crippen molar-refractivity contribution in [1.82, 2.24) is 0 Å². The fourth-order valence-corrected chi connectivity index (χ4v) is 4.32. The van der Waals surface area contributed by atoms with Crippen molar-refractivity contribution in [3.8, 4) is 0 Å². The fraction of sp³-hybridized carbons (Fsp3) is 0.263. The van der Waals surface area contributed by atoms with E-state index in [0.717, 1.165) is 10.8 Å². The summed E-state index contributed by atoms with van der Waals surface area (Å²) in [4.78, 5) is 27.4. The molecule has 0 spiro atoms. The molecule has 0 radical (unpaired) electrons. The van der Waals surface area contributed by atoms with Gasteiger partial charge in [-0.05, 0) is 11.5 Å². The van der Waals surface area contributed by atoms with E-state index in [9.17, 15) is 14.7 Å². The summed E-state index contributed by atoms with van der Waals surface area (Å²) in [6.07, 6.45) is 3.09. The van der Waals surface area contributed by atoms with E-state index in [1.54, 1.807) is 18.2 Å². The standard InChI is InChI=1S/C19H15NO4/c21-10-19-9-8-14(24-19)15-16(19)18(23)20(17(15)22)13-7-3-5-11-4-1-2-6-12(11)13/h1-9,14-16,21H,10H2. The van der Waals surface area contributed by atoms with Crippen molar-refractivity contribution in [2.24, 2.45) is 11.8 Å². The molecular formula is C19H15NO4. The number of aliphatic hydroxyl groups excluding tert-OH is 1. The van der Waals surface area contributed by atoms with Crippen LogP contribution in [0.3, 0.4) is 0 Å². The molecule has 4 unspecified atom stereocenters. The minimum atomic E-state index is -1.05. The molecule has 2 aromatic rings. The summed E-state index contributed by atoms with van der Waals surface area (Å²) in [6.45, 7) is -0.302. The zero-order chi connectivity index (χ0) is 16.5. The van der Waals surface area contributed by atoms with Gasteiger partial charge in [0.25, 0.3) is 0 Å². The Bertz CT molecular complexity index is 915. The topological polar surface area (TPSA) is 66.8 Å². The normalized spacial score (nSPS) is 33.7. The molecular weight excluding hydrogens is 306 g/mol. The quantitative estimate of drug-likeness (QED) is 0.674. The predicted molar refractivity (Wildman–Crippen MR) is 87.3 cm³/mol. The first-order valence-corrected chi connectivity index (χ1v) is 8.00. The minimum absolute atomic E-state index is 0.244. The Morgan fingerprint density at radius 1 is 1.08 bits per heavy atom. The molecule has 4 atom stereocenters. The summed E-state index contributed by atoms with van der Waals surface area (Å²) in [6, 6.07) is 13.3. The van der Waals surface area contributed by atoms with Crippen LogP contribution in [0, 0.1) is 11.8 Å². The highest BCUT2D eigenvalue weighted by Crippen LogP contribution is 2.52. The lowest BCUT2D eigenvalue weighted by Gasteiger charge is -2.26. The van der Waals surface area contributed by atoms with Gasteiger partial charge in [0, 0.05) is 5.39 Å². The van der Waals surface area contributed by atoms with Gasteiger partial charge in [-0.2, -0.15) is 0 Å². The summed E-state index contributed by atoms with van der Waals surface area (Å²) in [5.74, 6) is -1.73. The van der Waals surface area contributed by atoms with E-state index in [1.165, 1.54) is 4.90 Å². The highest BCUT2D eigenvalue weighted by atomic mass is 16.5. The molecule has 2 fully saturated rings. The number of fused-ring (bicyclic) bond motifs is 6. The van der Waals surface area contributed by atoms with Crippen LogP contribution in [0.1, 0.15) is 0 Å². The second-order valence-corrected chi connectivity index (χ2v) is 6.57. The van der Waals surface area contributed by atoms with Gasteiger partial charge >= 0.3 is 0 Å². The second kappa shape index (κ2) is 4.53. The number of imide groups is 1. The highest BCUT2D eigenvalue weighted by Gasteiger charge is 2.67. The Labute approximate surface area is 138 Å². The molecule has 0 saturated carbocycles. The molecule has 3 heterocycles. The van der Waals surface area contributed by atoms with Crippen molar-refractivity contribution >= 4 is 28.3 Å². The predicted octanol–water partition coefficient (Wildman–Crippen LogP) is 1.65. The monoisotopic (exact) mass is 321 g/mol. The molecule has 5 rings (SSSR count). The van der Waals surface area contributed by atoms with E-state index in [2.05, 4.69) is 0 Å². The van der Waals surface area contributed by atoms with Crippen LogP contribution in [-0.2, 0) is 14.3 Å². The molecule has 3 aliphatic rings. The summed E-state index contributed by atoms with van der Waals surface area (Å²) >= 11 is 0. The summed E-state index contributed by atoms with van der Waals surface area (Å²) in [5, 5.41) is 11.6. The molecule has 2 aromatic carbocycles. The number of aliphatic hydroxyl groups is 1. The van der Waals surface area contributed by atoms with E-state index in [4.69, 9.17) is 4.74 Å². The molecule has 3 aliphatic heterocycles. The van der Waals surface area contributed by atoms with Crippen LogP contribution >= 0.6 is 0 Å². The molecule has 1 N–H and O–H groups in total. The zero-order valence-corrected chi connectivity index (χ0v) is 12.8. The fourth-order valence-electron chi connectivity index (χ4n) is 4.32. The Kier molecular flexibility index (Phi) is 2.62. The maximum absolute atomic E-state index is 13.1. The number of nitrogens with zero attached hydrogens (tertiary/aromatic N) is 1. The Hall–Kier alpha value is -2.50. The molecule has 5 nitrogen and oxygen atoms in total. The van der Waals surface area contributed by atoms with Gasteiger partial charge in [0.05, 0.1) is 30.2 Å². The number of hydrogen-bond acceptors (Lipinski definition) is 4. The maximum Gasteiger partial charge on any atom is 0.241 e. The molecule has 24 heavy (non-hydrogen) atoms. The molecule has 2 saturated heterocycles. The average molecular weight is 321 g/mol. The van der Waals surface area contributed by atoms with Gasteiger partial charge < -0.3 is 9.84 Å². The van der Waals surface area contributed by atoms with Gasteiger partial charge in [0.15, 0.2) is 0 Å². The van der Waals surface area contributed by atoms with E-state index < -0.39 is 23.5 Å². The van der Waals surface area contributed by atoms with Gasteiger partial charge in [-0.25, -0.2) is 4.90 Å². The van der Waals surface area contributed by atoms with Crippen molar-refractivity contribution < 1.29 is 19.4 Å². The molecule has 0 aliphatic carbocycles. The molecule has 120 valence electrons. The molecule has 2 amide bonds. The third kappa shape index (κ3) is 1.51. The Morgan fingerprint density at radius 3 is 2.71 bits per heavy atom. The minimum Gasteiger partial charge on any atom is -0.393 e. The van der Waals surface area contributed by atoms with Gasteiger partial charge in [0.2, 0.25) is 11.8 Å². The summed E-state index contributed by atoms with van der Waals surface area (Å²) < 4.78 is 5.76. The first kappa shape index (κ1) is 13.9. The van der Waals surface area contributed by atoms with Crippen LogP contribution in [0.2, 0.25) is 0 Å². The Morgan fingerprint density at radius 2 is 1.88 bits per heavy atom. The molecule has 2 bridgehead atoms. The molecule has 5 heteroatoms. The third-order valence-corrected chi connectivity index (χ3v) is 5.41. The third-order valence-electron chi connectivity index (χ3n) is 5.41. The summed E-state index contributed by atoms with van der Waals surface area (Å²) in [7, 11) is 0. The van der Waals surface area contributed by atoms with Crippen LogP contribution in [0.5, 0.6) is 0 Å². The van der Waals surface area contributed by atoms with Gasteiger partial charge in [-0.3, -0.25) is 9.59 Å². The van der Waals surface area contributed by atoms with Crippen LogP contribution in [0.4, 0.5) is 5.69 Å². The first-order valence-electron chi connectivity index (χ1n) is 8.00. The van der Waals surface area contributed by atoms with E-state index in [1.807, 2.05) is 36.4 Å². The van der Waals surface area contributed by atoms with Crippen molar-refractivity contribution in [2.75, 3.05) is 11.5 Å². The number of anilines is 1. The van der Waals surface area contributed by atoms with Crippen LogP contribution in [0.15, 0.2) is 54.6 Å². The number of amides is 2. The largest absolute Gasteiger partial charge is 0.393 e. The lowest BCUT2D eigenvalue weighted by atomic mass is 9.77. The number of rotatable bonds is 2. The van der Waals surface area contributed by atoms with Gasteiger partial charge in [-0.15, -0.1) is 0 Å². The first-order chi connectivity index (χ1) is 11.7. The van der Waals surface area contributed by atoms with Gasteiger partial charge in [-0.1, -0.05) is 48.6 Å². The van der Waals surface area contributed by atoms with E-state index in [0.29, 0.717) is 5.69 Å². The summed E-state index contributed by atoms with van der Waals surface area (Å²) in [5.41, 5.74) is -0.452. The van der Waals surface area contributed by atoms with Crippen molar-refractivity contribution in [2.45, 2.75) is 11.7 Å². The lowest BCUT2D eigenvalue weighted by molar-refractivity contribution is -0.128. The second-order valence-electron chi connectivity index (χ2n) is 6.57. The highest BCUT2D eigenvalue weighted by molar-refractivity contribution is 6.26. The van der Waals surface area contributed by atoms with Crippen LogP contribution in [0.25, 0.3) is 10.8 Å². The average Bonchev–Trinajstić information content (AvgIpc) is 3.26. The number of ether oxygens (including phenoxy) is 1. The lowest BCUT2D eigenvalue weighted by Crippen LogP contribution is -2.43. The van der Waals surface area contributed by atoms with Crippen LogP contribution < -0.4 is 4.90 Å². The number of hydrogen-bond donors (Lipinski definition) is 1. The van der Waals surface area contributed by atoms with E-state index >= 15 is 0 Å². The van der Waals surface area contributed by atoms with E-state index in [-0.39, 0.29) is 18.4 Å². The number of carbonyl (C=O) groups is 2.